The van der Waals surface area contributed by atoms with Crippen LogP contribution in [0.25, 0.3) is 11.0 Å². The molecule has 0 spiro atoms. The lowest BCUT2D eigenvalue weighted by Crippen LogP contribution is -2.33. The van der Waals surface area contributed by atoms with Gasteiger partial charge in [0.2, 0.25) is 0 Å². The van der Waals surface area contributed by atoms with Gasteiger partial charge >= 0.3 is 0 Å². The van der Waals surface area contributed by atoms with Crippen LogP contribution < -0.4 is 5.32 Å². The van der Waals surface area contributed by atoms with Crippen molar-refractivity contribution < 1.29 is 9.21 Å². The second kappa shape index (κ2) is 5.57. The quantitative estimate of drug-likeness (QED) is 0.913. The molecule has 0 fully saturated rings. The summed E-state index contributed by atoms with van der Waals surface area (Å²) in [5, 5.41) is 12.5. The van der Waals surface area contributed by atoms with Gasteiger partial charge in [0.05, 0.1) is 6.07 Å². The van der Waals surface area contributed by atoms with E-state index >= 15 is 0 Å². The minimum atomic E-state index is -0.465. The fourth-order valence-electron chi connectivity index (χ4n) is 1.96. The average molecular weight is 256 g/mol. The van der Waals surface area contributed by atoms with E-state index in [2.05, 4.69) is 11.4 Å². The number of hydrogen-bond donors (Lipinski definition) is 1. The Hall–Kier alpha value is -2.28. The van der Waals surface area contributed by atoms with Gasteiger partial charge in [0.1, 0.15) is 11.6 Å². The Balaban J connectivity index is 2.20. The lowest BCUT2D eigenvalue weighted by Gasteiger charge is -2.08. The summed E-state index contributed by atoms with van der Waals surface area (Å²) in [4.78, 5) is 12.0. The highest BCUT2D eigenvalue weighted by molar-refractivity contribution is 5.96. The molecule has 1 aromatic carbocycles. The number of nitrogens with zero attached hydrogens (tertiary/aromatic N) is 1. The van der Waals surface area contributed by atoms with E-state index in [4.69, 9.17) is 9.68 Å². The van der Waals surface area contributed by atoms with E-state index in [0.29, 0.717) is 12.0 Å². The second-order valence-corrected chi connectivity index (χ2v) is 4.60. The summed E-state index contributed by atoms with van der Waals surface area (Å²) >= 11 is 0. The smallest absolute Gasteiger partial charge is 0.288 e. The van der Waals surface area contributed by atoms with Gasteiger partial charge in [-0.3, -0.25) is 4.79 Å². The number of carbonyl (C=O) groups is 1. The molecule has 1 unspecified atom stereocenters. The van der Waals surface area contributed by atoms with Crippen molar-refractivity contribution in [1.82, 2.24) is 5.32 Å². The lowest BCUT2D eigenvalue weighted by molar-refractivity contribution is 0.0918. The molecule has 0 aliphatic heterocycles. The molecule has 1 heterocycles. The van der Waals surface area contributed by atoms with Crippen LogP contribution in [0, 0.1) is 18.3 Å². The molecule has 1 amide bonds. The first-order chi connectivity index (χ1) is 9.13. The number of carbonyl (C=O) groups excluding carboxylic acids is 1. The number of fused-ring (bicyclic) bond motifs is 1. The van der Waals surface area contributed by atoms with Crippen molar-refractivity contribution in [3.8, 4) is 6.07 Å². The van der Waals surface area contributed by atoms with Gasteiger partial charge in [0, 0.05) is 5.39 Å². The number of amides is 1. The molecule has 0 saturated heterocycles. The Morgan fingerprint density at radius 3 is 2.95 bits per heavy atom. The topological polar surface area (TPSA) is 66.0 Å². The molecule has 0 saturated carbocycles. The third-order valence-electron chi connectivity index (χ3n) is 2.93. The second-order valence-electron chi connectivity index (χ2n) is 4.60. The van der Waals surface area contributed by atoms with Gasteiger partial charge in [-0.2, -0.15) is 5.26 Å². The number of furan rings is 1. The maximum atomic E-state index is 12.0. The highest BCUT2D eigenvalue weighted by Crippen LogP contribution is 2.20. The Kier molecular flexibility index (Phi) is 3.86. The number of aryl methyl sites for hydroxylation is 1. The highest BCUT2D eigenvalue weighted by atomic mass is 16.3. The molecule has 4 heteroatoms. The van der Waals surface area contributed by atoms with Crippen molar-refractivity contribution in [3.05, 3.63) is 35.6 Å². The van der Waals surface area contributed by atoms with Crippen molar-refractivity contribution in [2.45, 2.75) is 32.7 Å². The van der Waals surface area contributed by atoms with Crippen LogP contribution >= 0.6 is 0 Å². The van der Waals surface area contributed by atoms with Crippen LogP contribution in [0.2, 0.25) is 0 Å². The van der Waals surface area contributed by atoms with Crippen LogP contribution in [-0.2, 0) is 0 Å². The zero-order chi connectivity index (χ0) is 13.8. The first kappa shape index (κ1) is 13.2. The Morgan fingerprint density at radius 2 is 2.26 bits per heavy atom. The summed E-state index contributed by atoms with van der Waals surface area (Å²) in [5.74, 6) is -0.0918. The van der Waals surface area contributed by atoms with E-state index in [0.717, 1.165) is 17.4 Å². The van der Waals surface area contributed by atoms with Crippen molar-refractivity contribution in [1.29, 1.82) is 5.26 Å². The molecule has 1 N–H and O–H groups in total. The van der Waals surface area contributed by atoms with Crippen LogP contribution in [0.4, 0.5) is 0 Å². The van der Waals surface area contributed by atoms with Crippen LogP contribution in [0.3, 0.4) is 0 Å². The van der Waals surface area contributed by atoms with Gasteiger partial charge < -0.3 is 9.73 Å². The maximum absolute atomic E-state index is 12.0. The van der Waals surface area contributed by atoms with Crippen molar-refractivity contribution in [2.24, 2.45) is 0 Å². The van der Waals surface area contributed by atoms with Crippen LogP contribution in [0.15, 0.2) is 28.7 Å². The number of benzene rings is 1. The molecule has 19 heavy (non-hydrogen) atoms. The number of rotatable bonds is 4. The Bertz CT molecular complexity index is 637. The van der Waals surface area contributed by atoms with Gasteiger partial charge in [0.25, 0.3) is 5.91 Å². The number of nitrogens with one attached hydrogen (secondary N) is 1. The molecule has 0 aliphatic rings. The summed E-state index contributed by atoms with van der Waals surface area (Å²) in [5.41, 5.74) is 1.79. The first-order valence-electron chi connectivity index (χ1n) is 6.34. The number of hydrogen-bond acceptors (Lipinski definition) is 3. The Morgan fingerprint density at radius 1 is 1.47 bits per heavy atom. The summed E-state index contributed by atoms with van der Waals surface area (Å²) < 4.78 is 5.49. The van der Waals surface area contributed by atoms with E-state index in [9.17, 15) is 4.79 Å². The van der Waals surface area contributed by atoms with Gasteiger partial charge in [-0.15, -0.1) is 0 Å². The minimum Gasteiger partial charge on any atom is -0.451 e. The zero-order valence-electron chi connectivity index (χ0n) is 11.1. The third kappa shape index (κ3) is 2.94. The summed E-state index contributed by atoms with van der Waals surface area (Å²) in [6.45, 7) is 3.96. The summed E-state index contributed by atoms with van der Waals surface area (Å²) in [7, 11) is 0. The third-order valence-corrected chi connectivity index (χ3v) is 2.93. The first-order valence-corrected chi connectivity index (χ1v) is 6.34. The molecule has 0 radical (unpaired) electrons. The largest absolute Gasteiger partial charge is 0.451 e. The highest BCUT2D eigenvalue weighted by Gasteiger charge is 2.16. The van der Waals surface area contributed by atoms with Gasteiger partial charge in [-0.05, 0) is 31.5 Å². The standard InChI is InChI=1S/C15H16N2O2/c1-3-4-12(9-16)17-15(18)14-8-11-7-10(2)5-6-13(11)19-14/h5-8,12H,3-4H2,1-2H3,(H,17,18). The molecular weight excluding hydrogens is 240 g/mol. The minimum absolute atomic E-state index is 0.247. The molecule has 0 bridgehead atoms. The van der Waals surface area contributed by atoms with Crippen molar-refractivity contribution in [2.75, 3.05) is 0 Å². The van der Waals surface area contributed by atoms with Crippen molar-refractivity contribution >= 4 is 16.9 Å². The fourth-order valence-corrected chi connectivity index (χ4v) is 1.96. The van der Waals surface area contributed by atoms with E-state index < -0.39 is 6.04 Å². The molecule has 1 aromatic heterocycles. The molecule has 4 nitrogen and oxygen atoms in total. The Labute approximate surface area is 112 Å². The number of nitriles is 1. The summed E-state index contributed by atoms with van der Waals surface area (Å²) in [6, 6.07) is 9.05. The van der Waals surface area contributed by atoms with Gasteiger partial charge in [-0.25, -0.2) is 0 Å². The van der Waals surface area contributed by atoms with Crippen LogP contribution in [0.5, 0.6) is 0 Å². The van der Waals surface area contributed by atoms with Gasteiger partial charge in [-0.1, -0.05) is 25.0 Å². The normalized spacial score (nSPS) is 12.1. The molecule has 1 atom stereocenters. The predicted octanol–water partition coefficient (Wildman–Crippen LogP) is 3.16. The molecular formula is C15H16N2O2. The fraction of sp³-hybridized carbons (Fsp3) is 0.333. The van der Waals surface area contributed by atoms with Crippen LogP contribution in [-0.4, -0.2) is 11.9 Å². The molecule has 2 aromatic rings. The molecule has 98 valence electrons. The maximum Gasteiger partial charge on any atom is 0.288 e. The van der Waals surface area contributed by atoms with Crippen molar-refractivity contribution in [3.63, 3.8) is 0 Å². The van der Waals surface area contributed by atoms with E-state index in [-0.39, 0.29) is 11.7 Å². The SMILES string of the molecule is CCCC(C#N)NC(=O)c1cc2cc(C)ccc2o1. The van der Waals surface area contributed by atoms with Gasteiger partial charge in [0.15, 0.2) is 5.76 Å². The molecule has 0 aliphatic carbocycles. The van der Waals surface area contributed by atoms with E-state index in [1.165, 1.54) is 0 Å². The lowest BCUT2D eigenvalue weighted by atomic mass is 10.1. The summed E-state index contributed by atoms with van der Waals surface area (Å²) in [6.07, 6.45) is 1.49. The average Bonchev–Trinajstić information content (AvgIpc) is 2.81. The van der Waals surface area contributed by atoms with Crippen LogP contribution in [0.1, 0.15) is 35.9 Å². The van der Waals surface area contributed by atoms with E-state index in [1.807, 2.05) is 32.0 Å². The van der Waals surface area contributed by atoms with E-state index in [1.54, 1.807) is 6.07 Å². The monoisotopic (exact) mass is 256 g/mol. The molecule has 2 rings (SSSR count). The predicted molar refractivity (Wildman–Crippen MR) is 72.7 cm³/mol. The zero-order valence-corrected chi connectivity index (χ0v) is 11.1.